The van der Waals surface area contributed by atoms with Crippen molar-refractivity contribution < 1.29 is 19.0 Å². The molecular weight excluding hydrogens is 400 g/mol. The second kappa shape index (κ2) is 7.57. The van der Waals surface area contributed by atoms with E-state index in [2.05, 4.69) is 58.9 Å². The van der Waals surface area contributed by atoms with Gasteiger partial charge in [-0.05, 0) is 60.7 Å². The average Bonchev–Trinajstić information content (AvgIpc) is 3.09. The van der Waals surface area contributed by atoms with Gasteiger partial charge in [-0.2, -0.15) is 0 Å². The summed E-state index contributed by atoms with van der Waals surface area (Å²) in [5, 5.41) is 0. The lowest BCUT2D eigenvalue weighted by molar-refractivity contribution is -0.153. The molecule has 0 aromatic heterocycles. The molecule has 0 amide bonds. The monoisotopic (exact) mass is 434 g/mol. The molecular formula is C28H34O4. The highest BCUT2D eigenvalue weighted by atomic mass is 16.8. The zero-order chi connectivity index (χ0) is 23.5. The second-order valence-electron chi connectivity index (χ2n) is 10.6. The van der Waals surface area contributed by atoms with E-state index in [1.54, 1.807) is 12.1 Å². The molecule has 1 aliphatic carbocycles. The van der Waals surface area contributed by atoms with Gasteiger partial charge >= 0.3 is 5.97 Å². The van der Waals surface area contributed by atoms with Crippen LogP contribution >= 0.6 is 0 Å². The number of hydrogen-bond acceptors (Lipinski definition) is 4. The molecule has 2 atom stereocenters. The summed E-state index contributed by atoms with van der Waals surface area (Å²) in [6.07, 6.45) is 4.23. The van der Waals surface area contributed by atoms with Crippen LogP contribution in [-0.4, -0.2) is 31.1 Å². The third-order valence-corrected chi connectivity index (χ3v) is 7.10. The predicted molar refractivity (Wildman–Crippen MR) is 128 cm³/mol. The Balaban J connectivity index is 1.71. The summed E-state index contributed by atoms with van der Waals surface area (Å²) >= 11 is 0. The van der Waals surface area contributed by atoms with E-state index in [4.69, 9.17) is 14.2 Å². The van der Waals surface area contributed by atoms with Gasteiger partial charge in [0.2, 0.25) is 0 Å². The number of carbonyl (C=O) groups is 1. The maximum absolute atomic E-state index is 11.7. The molecule has 4 heteroatoms. The lowest BCUT2D eigenvalue weighted by Gasteiger charge is -2.48. The van der Waals surface area contributed by atoms with Crippen molar-refractivity contribution in [3.63, 3.8) is 0 Å². The Morgan fingerprint density at radius 2 is 1.41 bits per heavy atom. The molecule has 1 saturated heterocycles. The third-order valence-electron chi connectivity index (χ3n) is 7.10. The molecule has 1 fully saturated rings. The molecule has 1 heterocycles. The van der Waals surface area contributed by atoms with Gasteiger partial charge in [-0.1, -0.05) is 64.1 Å². The average molecular weight is 435 g/mol. The van der Waals surface area contributed by atoms with E-state index in [0.29, 0.717) is 5.56 Å². The van der Waals surface area contributed by atoms with E-state index in [1.807, 2.05) is 26.0 Å². The molecule has 32 heavy (non-hydrogen) atoms. The second-order valence-corrected chi connectivity index (χ2v) is 10.6. The van der Waals surface area contributed by atoms with Gasteiger partial charge in [-0.25, -0.2) is 4.79 Å². The Kier molecular flexibility index (Phi) is 5.38. The maximum Gasteiger partial charge on any atom is 0.337 e. The van der Waals surface area contributed by atoms with Crippen LogP contribution in [0.3, 0.4) is 0 Å². The summed E-state index contributed by atoms with van der Waals surface area (Å²) in [7, 11) is 1.39. The van der Waals surface area contributed by atoms with Crippen LogP contribution in [0.25, 0.3) is 12.2 Å². The van der Waals surface area contributed by atoms with Gasteiger partial charge in [-0.3, -0.25) is 0 Å². The molecule has 4 rings (SSSR count). The Morgan fingerprint density at radius 3 is 1.94 bits per heavy atom. The minimum atomic E-state index is -0.583. The van der Waals surface area contributed by atoms with Crippen LogP contribution in [-0.2, 0) is 25.0 Å². The zero-order valence-electron chi connectivity index (χ0n) is 20.4. The maximum atomic E-state index is 11.7. The summed E-state index contributed by atoms with van der Waals surface area (Å²) in [5.74, 6) is -0.907. The summed E-state index contributed by atoms with van der Waals surface area (Å²) in [5.41, 5.74) is 6.31. The standard InChI is InChI=1S/C28H34O4/c1-17-15-21-22(27(4,5)24-23(26(21,2)3)31-28(6,7)32-24)16-20(17)14-11-18-9-12-19(13-10-18)25(29)30-8/h9-16,23-24H,1-8H3. The van der Waals surface area contributed by atoms with Crippen molar-refractivity contribution in [2.45, 2.75) is 77.3 Å². The van der Waals surface area contributed by atoms with Crippen molar-refractivity contribution in [3.8, 4) is 0 Å². The first-order valence-electron chi connectivity index (χ1n) is 11.2. The highest BCUT2D eigenvalue weighted by Crippen LogP contribution is 2.53. The van der Waals surface area contributed by atoms with Crippen molar-refractivity contribution in [1.82, 2.24) is 0 Å². The minimum Gasteiger partial charge on any atom is -0.465 e. The molecule has 2 unspecified atom stereocenters. The fourth-order valence-electron chi connectivity index (χ4n) is 5.13. The molecule has 0 radical (unpaired) electrons. The molecule has 0 spiro atoms. The number of benzene rings is 2. The summed E-state index contributed by atoms with van der Waals surface area (Å²) < 4.78 is 17.6. The van der Waals surface area contributed by atoms with Crippen LogP contribution in [0.1, 0.15) is 79.7 Å². The van der Waals surface area contributed by atoms with Gasteiger partial charge in [-0.15, -0.1) is 0 Å². The van der Waals surface area contributed by atoms with Crippen LogP contribution in [0.5, 0.6) is 0 Å². The molecule has 0 saturated carbocycles. The number of aryl methyl sites for hydroxylation is 1. The fraction of sp³-hybridized carbons (Fsp3) is 0.464. The van der Waals surface area contributed by atoms with Crippen molar-refractivity contribution in [2.24, 2.45) is 0 Å². The summed E-state index contributed by atoms with van der Waals surface area (Å²) in [6.45, 7) is 15.2. The van der Waals surface area contributed by atoms with Crippen molar-refractivity contribution >= 4 is 18.1 Å². The van der Waals surface area contributed by atoms with Crippen molar-refractivity contribution in [1.29, 1.82) is 0 Å². The van der Waals surface area contributed by atoms with Crippen molar-refractivity contribution in [3.05, 3.63) is 69.8 Å². The topological polar surface area (TPSA) is 44.8 Å². The van der Waals surface area contributed by atoms with E-state index in [0.717, 1.165) is 5.56 Å². The Bertz CT molecular complexity index is 1070. The number of rotatable bonds is 3. The predicted octanol–water partition coefficient (Wildman–Crippen LogP) is 6.04. The Hall–Kier alpha value is -2.43. The molecule has 2 aromatic rings. The van der Waals surface area contributed by atoms with Crippen LogP contribution in [0, 0.1) is 6.92 Å². The van der Waals surface area contributed by atoms with Crippen LogP contribution < -0.4 is 0 Å². The van der Waals surface area contributed by atoms with Gasteiger partial charge in [0.15, 0.2) is 5.79 Å². The highest BCUT2D eigenvalue weighted by molar-refractivity contribution is 5.89. The molecule has 0 bridgehead atoms. The van der Waals surface area contributed by atoms with E-state index in [-0.39, 0.29) is 29.0 Å². The fourth-order valence-corrected chi connectivity index (χ4v) is 5.13. The Morgan fingerprint density at radius 1 is 0.875 bits per heavy atom. The first kappa shape index (κ1) is 22.8. The molecule has 2 aliphatic rings. The van der Waals surface area contributed by atoms with Gasteiger partial charge < -0.3 is 14.2 Å². The van der Waals surface area contributed by atoms with Gasteiger partial charge in [0.25, 0.3) is 0 Å². The van der Waals surface area contributed by atoms with Gasteiger partial charge in [0.1, 0.15) is 0 Å². The highest BCUT2D eigenvalue weighted by Gasteiger charge is 2.59. The number of methoxy groups -OCH3 is 1. The quantitative estimate of drug-likeness (QED) is 0.436. The van der Waals surface area contributed by atoms with Crippen LogP contribution in [0.4, 0.5) is 0 Å². The number of fused-ring (bicyclic) bond motifs is 2. The van der Waals surface area contributed by atoms with Crippen LogP contribution in [0.15, 0.2) is 36.4 Å². The lowest BCUT2D eigenvalue weighted by Crippen LogP contribution is -2.54. The van der Waals surface area contributed by atoms with Crippen molar-refractivity contribution in [2.75, 3.05) is 7.11 Å². The molecule has 1 aliphatic heterocycles. The molecule has 2 aromatic carbocycles. The van der Waals surface area contributed by atoms with E-state index >= 15 is 0 Å². The number of ether oxygens (including phenoxy) is 3. The van der Waals surface area contributed by atoms with Crippen LogP contribution in [0.2, 0.25) is 0 Å². The summed E-state index contributed by atoms with van der Waals surface area (Å²) in [4.78, 5) is 11.7. The van der Waals surface area contributed by atoms with Gasteiger partial charge in [0, 0.05) is 10.8 Å². The first-order chi connectivity index (χ1) is 14.9. The molecule has 4 nitrogen and oxygen atoms in total. The molecule has 0 N–H and O–H groups in total. The normalized spacial score (nSPS) is 24.8. The number of carbonyl (C=O) groups excluding carboxylic acids is 1. The Labute approximate surface area is 191 Å². The van der Waals surface area contributed by atoms with E-state index < -0.39 is 5.79 Å². The third kappa shape index (κ3) is 3.70. The number of hydrogen-bond donors (Lipinski definition) is 0. The van der Waals surface area contributed by atoms with E-state index in [1.165, 1.54) is 29.4 Å². The SMILES string of the molecule is COC(=O)c1ccc(C=Cc2cc3c(cc2C)C(C)(C)C2OC(C)(C)OC2C3(C)C)cc1. The van der Waals surface area contributed by atoms with E-state index in [9.17, 15) is 4.79 Å². The smallest absolute Gasteiger partial charge is 0.337 e. The molecule has 170 valence electrons. The largest absolute Gasteiger partial charge is 0.465 e. The minimum absolute atomic E-state index is 0.00844. The zero-order valence-corrected chi connectivity index (χ0v) is 20.4. The van der Waals surface area contributed by atoms with Gasteiger partial charge in [0.05, 0.1) is 24.9 Å². The summed E-state index contributed by atoms with van der Waals surface area (Å²) in [6, 6.07) is 12.1. The first-order valence-corrected chi connectivity index (χ1v) is 11.2. The lowest BCUT2D eigenvalue weighted by atomic mass is 9.59. The number of esters is 1.